The number of anilines is 1. The summed E-state index contributed by atoms with van der Waals surface area (Å²) in [7, 11) is 0. The van der Waals surface area contributed by atoms with Crippen LogP contribution in [0.1, 0.15) is 13.8 Å². The highest BCUT2D eigenvalue weighted by Gasteiger charge is 2.33. The van der Waals surface area contributed by atoms with Crippen LogP contribution in [0.2, 0.25) is 0 Å². The SMILES string of the molecule is C[C@@H]1CN(c2ncc(OC(F)F)cn2)C[C@H](C)N1C(=O)O. The average molecular weight is 302 g/mol. The fourth-order valence-corrected chi connectivity index (χ4v) is 2.50. The summed E-state index contributed by atoms with van der Waals surface area (Å²) in [5.41, 5.74) is 0. The number of aromatic nitrogens is 2. The minimum Gasteiger partial charge on any atom is -0.465 e. The Balaban J connectivity index is 2.08. The smallest absolute Gasteiger partial charge is 0.407 e. The maximum atomic E-state index is 12.0. The van der Waals surface area contributed by atoms with Gasteiger partial charge in [0, 0.05) is 13.1 Å². The highest BCUT2D eigenvalue weighted by atomic mass is 19.3. The molecule has 1 aromatic heterocycles. The van der Waals surface area contributed by atoms with Gasteiger partial charge in [0.15, 0.2) is 5.75 Å². The molecule has 0 saturated carbocycles. The highest BCUT2D eigenvalue weighted by molar-refractivity contribution is 5.66. The van der Waals surface area contributed by atoms with E-state index in [1.54, 1.807) is 13.8 Å². The first-order valence-electron chi connectivity index (χ1n) is 6.41. The molecule has 0 unspecified atom stereocenters. The number of carboxylic acid groups (broad SMARTS) is 1. The van der Waals surface area contributed by atoms with E-state index in [2.05, 4.69) is 14.7 Å². The van der Waals surface area contributed by atoms with Gasteiger partial charge in [0.2, 0.25) is 5.95 Å². The number of hydrogen-bond acceptors (Lipinski definition) is 5. The highest BCUT2D eigenvalue weighted by Crippen LogP contribution is 2.21. The molecule has 1 aromatic rings. The molecule has 1 aliphatic heterocycles. The summed E-state index contributed by atoms with van der Waals surface area (Å²) < 4.78 is 28.3. The predicted molar refractivity (Wildman–Crippen MR) is 69.7 cm³/mol. The molecule has 7 nitrogen and oxygen atoms in total. The molecule has 21 heavy (non-hydrogen) atoms. The number of hydrogen-bond donors (Lipinski definition) is 1. The second kappa shape index (κ2) is 6.06. The van der Waals surface area contributed by atoms with E-state index in [4.69, 9.17) is 5.11 Å². The molecular weight excluding hydrogens is 286 g/mol. The number of nitrogens with zero attached hydrogens (tertiary/aromatic N) is 4. The van der Waals surface area contributed by atoms with E-state index in [0.717, 1.165) is 0 Å². The molecule has 1 N–H and O–H groups in total. The van der Waals surface area contributed by atoms with Gasteiger partial charge in [-0.25, -0.2) is 14.8 Å². The number of rotatable bonds is 3. The molecular formula is C12H16F2N4O3. The van der Waals surface area contributed by atoms with Crippen molar-refractivity contribution < 1.29 is 23.4 Å². The van der Waals surface area contributed by atoms with Crippen molar-refractivity contribution in [2.24, 2.45) is 0 Å². The van der Waals surface area contributed by atoms with Crippen molar-refractivity contribution in [3.8, 4) is 5.75 Å². The van der Waals surface area contributed by atoms with Crippen LogP contribution < -0.4 is 9.64 Å². The molecule has 0 spiro atoms. The Morgan fingerprint density at radius 2 is 1.86 bits per heavy atom. The van der Waals surface area contributed by atoms with Gasteiger partial charge in [-0.15, -0.1) is 0 Å². The maximum absolute atomic E-state index is 12.0. The first kappa shape index (κ1) is 15.2. The summed E-state index contributed by atoms with van der Waals surface area (Å²) >= 11 is 0. The van der Waals surface area contributed by atoms with Crippen LogP contribution in [0.3, 0.4) is 0 Å². The summed E-state index contributed by atoms with van der Waals surface area (Å²) in [4.78, 5) is 22.3. The van der Waals surface area contributed by atoms with Gasteiger partial charge in [-0.3, -0.25) is 4.90 Å². The molecule has 1 saturated heterocycles. The van der Waals surface area contributed by atoms with Gasteiger partial charge in [-0.05, 0) is 13.8 Å². The fourth-order valence-electron chi connectivity index (χ4n) is 2.50. The topological polar surface area (TPSA) is 78.8 Å². The summed E-state index contributed by atoms with van der Waals surface area (Å²) in [5.74, 6) is 0.249. The van der Waals surface area contributed by atoms with Crippen molar-refractivity contribution in [1.82, 2.24) is 14.9 Å². The van der Waals surface area contributed by atoms with Crippen LogP contribution in [0.25, 0.3) is 0 Å². The van der Waals surface area contributed by atoms with Gasteiger partial charge < -0.3 is 14.7 Å². The van der Waals surface area contributed by atoms with Crippen molar-refractivity contribution in [2.45, 2.75) is 32.5 Å². The van der Waals surface area contributed by atoms with E-state index in [0.29, 0.717) is 19.0 Å². The molecule has 0 radical (unpaired) electrons. The first-order chi connectivity index (χ1) is 9.88. The minimum absolute atomic E-state index is 0.112. The summed E-state index contributed by atoms with van der Waals surface area (Å²) in [6, 6.07) is -0.432. The normalized spacial score (nSPS) is 22.5. The summed E-state index contributed by atoms with van der Waals surface area (Å²) in [5, 5.41) is 9.14. The predicted octanol–water partition coefficient (Wildman–Crippen LogP) is 1.66. The van der Waals surface area contributed by atoms with Crippen LogP contribution in [-0.2, 0) is 0 Å². The zero-order valence-corrected chi connectivity index (χ0v) is 11.6. The van der Waals surface area contributed by atoms with Crippen LogP contribution in [0.4, 0.5) is 19.5 Å². The molecule has 2 atom stereocenters. The summed E-state index contributed by atoms with van der Waals surface area (Å²) in [6.07, 6.45) is 1.39. The zero-order chi connectivity index (χ0) is 15.6. The molecule has 0 aliphatic carbocycles. The third-order valence-electron chi connectivity index (χ3n) is 3.26. The van der Waals surface area contributed by atoms with Gasteiger partial charge in [0.1, 0.15) is 0 Å². The fraction of sp³-hybridized carbons (Fsp3) is 0.583. The number of amides is 1. The monoisotopic (exact) mass is 302 g/mol. The lowest BCUT2D eigenvalue weighted by Crippen LogP contribution is -2.58. The van der Waals surface area contributed by atoms with E-state index in [1.165, 1.54) is 17.3 Å². The summed E-state index contributed by atoms with van der Waals surface area (Å²) in [6.45, 7) is 1.55. The van der Waals surface area contributed by atoms with Crippen molar-refractivity contribution in [2.75, 3.05) is 18.0 Å². The van der Waals surface area contributed by atoms with Crippen molar-refractivity contribution in [1.29, 1.82) is 0 Å². The Morgan fingerprint density at radius 3 is 2.29 bits per heavy atom. The van der Waals surface area contributed by atoms with Crippen LogP contribution in [-0.4, -0.2) is 57.9 Å². The second-order valence-corrected chi connectivity index (χ2v) is 4.89. The van der Waals surface area contributed by atoms with Crippen LogP contribution in [0, 0.1) is 0 Å². The van der Waals surface area contributed by atoms with Gasteiger partial charge >= 0.3 is 12.7 Å². The molecule has 2 rings (SSSR count). The van der Waals surface area contributed by atoms with Crippen LogP contribution in [0.15, 0.2) is 12.4 Å². The molecule has 1 aliphatic rings. The van der Waals surface area contributed by atoms with Gasteiger partial charge in [0.25, 0.3) is 0 Å². The third-order valence-corrected chi connectivity index (χ3v) is 3.26. The number of halogens is 2. The zero-order valence-electron chi connectivity index (χ0n) is 11.6. The molecule has 1 amide bonds. The quantitative estimate of drug-likeness (QED) is 0.914. The molecule has 2 heterocycles. The minimum atomic E-state index is -2.92. The number of carbonyl (C=O) groups is 1. The lowest BCUT2D eigenvalue weighted by atomic mass is 10.1. The number of ether oxygens (including phenoxy) is 1. The number of piperazine rings is 1. The average Bonchev–Trinajstić information content (AvgIpc) is 2.37. The third kappa shape index (κ3) is 3.47. The van der Waals surface area contributed by atoms with E-state index >= 15 is 0 Å². The number of alkyl halides is 2. The first-order valence-corrected chi connectivity index (χ1v) is 6.41. The Kier molecular flexibility index (Phi) is 4.39. The van der Waals surface area contributed by atoms with Gasteiger partial charge in [-0.2, -0.15) is 8.78 Å². The van der Waals surface area contributed by atoms with Crippen molar-refractivity contribution in [3.05, 3.63) is 12.4 Å². The molecule has 1 fully saturated rings. The largest absolute Gasteiger partial charge is 0.465 e. The van der Waals surface area contributed by atoms with Crippen molar-refractivity contribution >= 4 is 12.0 Å². The Morgan fingerprint density at radius 1 is 1.33 bits per heavy atom. The van der Waals surface area contributed by atoms with E-state index in [-0.39, 0.29) is 17.8 Å². The van der Waals surface area contributed by atoms with E-state index < -0.39 is 12.7 Å². The van der Waals surface area contributed by atoms with Gasteiger partial charge in [-0.1, -0.05) is 0 Å². The van der Waals surface area contributed by atoms with Crippen LogP contribution >= 0.6 is 0 Å². The van der Waals surface area contributed by atoms with Crippen molar-refractivity contribution in [3.63, 3.8) is 0 Å². The second-order valence-electron chi connectivity index (χ2n) is 4.89. The molecule has 0 bridgehead atoms. The Bertz CT molecular complexity index is 488. The standard InChI is InChI=1S/C12H16F2N4O3/c1-7-5-17(6-8(2)18(7)12(19)20)11-15-3-9(4-16-11)21-10(13)14/h3-4,7-8,10H,5-6H2,1-2H3,(H,19,20)/t7-,8+. The van der Waals surface area contributed by atoms with E-state index in [9.17, 15) is 13.6 Å². The lowest BCUT2D eigenvalue weighted by molar-refractivity contribution is -0.0503. The van der Waals surface area contributed by atoms with Gasteiger partial charge in [0.05, 0.1) is 24.5 Å². The maximum Gasteiger partial charge on any atom is 0.407 e. The molecule has 9 heteroatoms. The molecule has 0 aromatic carbocycles. The van der Waals surface area contributed by atoms with Crippen LogP contribution in [0.5, 0.6) is 5.75 Å². The Labute approximate surface area is 120 Å². The lowest BCUT2D eigenvalue weighted by Gasteiger charge is -2.42. The Hall–Kier alpha value is -2.19. The van der Waals surface area contributed by atoms with E-state index in [1.807, 2.05) is 4.90 Å². The molecule has 116 valence electrons.